The molecule has 0 radical (unpaired) electrons. The van der Waals surface area contributed by atoms with E-state index in [4.69, 9.17) is 18.9 Å². The second-order valence-corrected chi connectivity index (χ2v) is 7.35. The lowest BCUT2D eigenvalue weighted by Gasteiger charge is -2.35. The normalized spacial score (nSPS) is 24.3. The zero-order chi connectivity index (χ0) is 18.0. The summed E-state index contributed by atoms with van der Waals surface area (Å²) in [5.41, 5.74) is 0. The van der Waals surface area contributed by atoms with Crippen LogP contribution < -0.4 is 0 Å². The van der Waals surface area contributed by atoms with E-state index in [9.17, 15) is 4.79 Å². The third kappa shape index (κ3) is 7.33. The first-order valence-corrected chi connectivity index (χ1v) is 10.1. The van der Waals surface area contributed by atoms with Gasteiger partial charge in [-0.3, -0.25) is 4.79 Å². The molecule has 5 heteroatoms. The van der Waals surface area contributed by atoms with E-state index in [0.717, 1.165) is 78.2 Å². The molecule has 1 saturated heterocycles. The number of ketones is 1. The third-order valence-corrected chi connectivity index (χ3v) is 5.46. The number of ether oxygens (including phenoxy) is 4. The van der Waals surface area contributed by atoms with Gasteiger partial charge in [0.2, 0.25) is 0 Å². The maximum atomic E-state index is 10.8. The van der Waals surface area contributed by atoms with Gasteiger partial charge in [0.05, 0.1) is 13.2 Å². The summed E-state index contributed by atoms with van der Waals surface area (Å²) in [6.45, 7) is 8.99. The number of hydrogen-bond donors (Lipinski definition) is 0. The average molecular weight is 357 g/mol. The second kappa shape index (κ2) is 11.3. The summed E-state index contributed by atoms with van der Waals surface area (Å²) in [6, 6.07) is 0. The lowest BCUT2D eigenvalue weighted by molar-refractivity contribution is -0.184. The molecule has 0 atom stereocenters. The Labute approximate surface area is 152 Å². The van der Waals surface area contributed by atoms with Crippen molar-refractivity contribution in [2.45, 2.75) is 71.0 Å². The first kappa shape index (κ1) is 20.8. The van der Waals surface area contributed by atoms with Crippen LogP contribution in [-0.4, -0.2) is 51.2 Å². The molecule has 0 aromatic rings. The second-order valence-electron chi connectivity index (χ2n) is 7.35. The standard InChI is InChI=1S/C11H20O3.C9H16O2/c1-2-12-9-10-3-5-11(6-4-10)13-7-8-14-11;1-2-11-7-8-3-5-9(10)6-4-8/h10H,2-9H2,1H3;8H,2-7H2,1H3. The Bertz CT molecular complexity index is 358. The molecule has 0 aromatic carbocycles. The lowest BCUT2D eigenvalue weighted by atomic mass is 9.85. The fourth-order valence-corrected chi connectivity index (χ4v) is 3.81. The molecule has 1 spiro atoms. The van der Waals surface area contributed by atoms with Gasteiger partial charge in [0.15, 0.2) is 5.79 Å². The number of carbonyl (C=O) groups is 1. The molecule has 0 N–H and O–H groups in total. The predicted molar refractivity (Wildman–Crippen MR) is 96.5 cm³/mol. The van der Waals surface area contributed by atoms with Crippen molar-refractivity contribution in [2.75, 3.05) is 39.6 Å². The summed E-state index contributed by atoms with van der Waals surface area (Å²) in [5, 5.41) is 0. The molecular weight excluding hydrogens is 320 g/mol. The maximum absolute atomic E-state index is 10.8. The highest BCUT2D eigenvalue weighted by Gasteiger charge is 2.40. The summed E-state index contributed by atoms with van der Waals surface area (Å²) in [7, 11) is 0. The van der Waals surface area contributed by atoms with Crippen molar-refractivity contribution in [2.24, 2.45) is 11.8 Å². The average Bonchev–Trinajstić information content (AvgIpc) is 3.10. The van der Waals surface area contributed by atoms with E-state index in [1.54, 1.807) is 0 Å². The molecule has 1 aliphatic heterocycles. The van der Waals surface area contributed by atoms with Crippen LogP contribution in [0.25, 0.3) is 0 Å². The van der Waals surface area contributed by atoms with Crippen molar-refractivity contribution in [1.82, 2.24) is 0 Å². The molecule has 0 amide bonds. The Hall–Kier alpha value is -0.490. The van der Waals surface area contributed by atoms with Crippen LogP contribution >= 0.6 is 0 Å². The first-order valence-electron chi connectivity index (χ1n) is 10.1. The Morgan fingerprint density at radius 1 is 0.880 bits per heavy atom. The van der Waals surface area contributed by atoms with E-state index < -0.39 is 0 Å². The molecule has 0 aromatic heterocycles. The highest BCUT2D eigenvalue weighted by atomic mass is 16.7. The number of Topliss-reactive ketones (excluding diaryl/α,β-unsaturated/α-hetero) is 1. The van der Waals surface area contributed by atoms with E-state index in [1.807, 2.05) is 13.8 Å². The van der Waals surface area contributed by atoms with Gasteiger partial charge in [-0.1, -0.05) is 0 Å². The number of rotatable bonds is 6. The molecule has 25 heavy (non-hydrogen) atoms. The molecular formula is C20H36O5. The van der Waals surface area contributed by atoms with Gasteiger partial charge in [0.25, 0.3) is 0 Å². The number of hydrogen-bond acceptors (Lipinski definition) is 5. The third-order valence-electron chi connectivity index (χ3n) is 5.46. The lowest BCUT2D eigenvalue weighted by Crippen LogP contribution is -2.36. The molecule has 2 saturated carbocycles. The first-order chi connectivity index (χ1) is 12.2. The Kier molecular flexibility index (Phi) is 9.39. The van der Waals surface area contributed by atoms with Crippen LogP contribution in [0.15, 0.2) is 0 Å². The zero-order valence-corrected chi connectivity index (χ0v) is 16.1. The summed E-state index contributed by atoms with van der Waals surface area (Å²) in [4.78, 5) is 10.8. The predicted octanol–water partition coefficient (Wildman–Crippen LogP) is 3.74. The minimum atomic E-state index is -0.206. The van der Waals surface area contributed by atoms with Gasteiger partial charge in [-0.2, -0.15) is 0 Å². The monoisotopic (exact) mass is 356 g/mol. The fraction of sp³-hybridized carbons (Fsp3) is 0.950. The van der Waals surface area contributed by atoms with E-state index in [2.05, 4.69) is 0 Å². The van der Waals surface area contributed by atoms with Crippen molar-refractivity contribution < 1.29 is 23.7 Å². The minimum Gasteiger partial charge on any atom is -0.381 e. The molecule has 5 nitrogen and oxygen atoms in total. The molecule has 2 aliphatic carbocycles. The van der Waals surface area contributed by atoms with Crippen molar-refractivity contribution >= 4 is 5.78 Å². The van der Waals surface area contributed by atoms with Gasteiger partial charge in [-0.05, 0) is 51.4 Å². The molecule has 3 rings (SSSR count). The van der Waals surface area contributed by atoms with Gasteiger partial charge in [0.1, 0.15) is 5.78 Å². The van der Waals surface area contributed by atoms with Crippen LogP contribution in [0, 0.1) is 11.8 Å². The molecule has 3 aliphatic rings. The van der Waals surface area contributed by atoms with Crippen LogP contribution in [0.5, 0.6) is 0 Å². The van der Waals surface area contributed by atoms with Crippen molar-refractivity contribution in [3.8, 4) is 0 Å². The number of carbonyl (C=O) groups excluding carboxylic acids is 1. The topological polar surface area (TPSA) is 54.0 Å². The van der Waals surface area contributed by atoms with Crippen LogP contribution in [0.3, 0.4) is 0 Å². The molecule has 3 fully saturated rings. The maximum Gasteiger partial charge on any atom is 0.168 e. The van der Waals surface area contributed by atoms with Gasteiger partial charge in [-0.15, -0.1) is 0 Å². The fourth-order valence-electron chi connectivity index (χ4n) is 3.81. The molecule has 146 valence electrons. The van der Waals surface area contributed by atoms with Gasteiger partial charge in [-0.25, -0.2) is 0 Å². The molecule has 0 bridgehead atoms. The Morgan fingerprint density at radius 3 is 1.84 bits per heavy atom. The van der Waals surface area contributed by atoms with Gasteiger partial charge < -0.3 is 18.9 Å². The Balaban J connectivity index is 0.000000186. The van der Waals surface area contributed by atoms with E-state index in [0.29, 0.717) is 17.6 Å². The highest BCUT2D eigenvalue weighted by Crippen LogP contribution is 2.38. The van der Waals surface area contributed by atoms with Crippen LogP contribution in [0.2, 0.25) is 0 Å². The zero-order valence-electron chi connectivity index (χ0n) is 16.1. The quantitative estimate of drug-likeness (QED) is 0.726. The van der Waals surface area contributed by atoms with Crippen molar-refractivity contribution in [3.63, 3.8) is 0 Å². The smallest absolute Gasteiger partial charge is 0.168 e. The van der Waals surface area contributed by atoms with E-state index in [1.165, 1.54) is 12.8 Å². The van der Waals surface area contributed by atoms with Crippen molar-refractivity contribution in [3.05, 3.63) is 0 Å². The summed E-state index contributed by atoms with van der Waals surface area (Å²) in [6.07, 6.45) is 8.09. The minimum absolute atomic E-state index is 0.206. The van der Waals surface area contributed by atoms with E-state index >= 15 is 0 Å². The van der Waals surface area contributed by atoms with Gasteiger partial charge >= 0.3 is 0 Å². The van der Waals surface area contributed by atoms with E-state index in [-0.39, 0.29) is 5.79 Å². The molecule has 1 heterocycles. The van der Waals surface area contributed by atoms with Crippen LogP contribution in [-0.2, 0) is 23.7 Å². The van der Waals surface area contributed by atoms with Gasteiger partial charge in [0, 0.05) is 52.1 Å². The summed E-state index contributed by atoms with van der Waals surface area (Å²) >= 11 is 0. The Morgan fingerprint density at radius 2 is 1.36 bits per heavy atom. The summed E-state index contributed by atoms with van der Waals surface area (Å²) in [5.74, 6) is 1.58. The van der Waals surface area contributed by atoms with Crippen LogP contribution in [0.1, 0.15) is 65.2 Å². The SMILES string of the molecule is CCOCC1CCC(=O)CC1.CCOCC1CCC2(CC1)OCCO2. The largest absolute Gasteiger partial charge is 0.381 e. The molecule has 0 unspecified atom stereocenters. The van der Waals surface area contributed by atoms with Crippen molar-refractivity contribution in [1.29, 1.82) is 0 Å². The highest BCUT2D eigenvalue weighted by molar-refractivity contribution is 5.79. The summed E-state index contributed by atoms with van der Waals surface area (Å²) < 4.78 is 22.1. The van der Waals surface area contributed by atoms with Crippen LogP contribution in [0.4, 0.5) is 0 Å².